The molecular weight excluding hydrogens is 261 g/mol. The molecule has 0 aliphatic rings. The third-order valence-electron chi connectivity index (χ3n) is 2.76. The zero-order chi connectivity index (χ0) is 14.2. The molecule has 0 aliphatic heterocycles. The first-order valence-corrected chi connectivity index (χ1v) is 6.53. The molecule has 0 fully saturated rings. The predicted molar refractivity (Wildman–Crippen MR) is 73.2 cm³/mol. The van der Waals surface area contributed by atoms with Gasteiger partial charge in [-0.2, -0.15) is 0 Å². The summed E-state index contributed by atoms with van der Waals surface area (Å²) in [6, 6.07) is 9.47. The van der Waals surface area contributed by atoms with Gasteiger partial charge in [0.2, 0.25) is 0 Å². The van der Waals surface area contributed by atoms with Crippen molar-refractivity contribution in [3.8, 4) is 5.75 Å². The molecule has 4 nitrogen and oxygen atoms in total. The van der Waals surface area contributed by atoms with Crippen LogP contribution in [0, 0.1) is 5.82 Å². The summed E-state index contributed by atoms with van der Waals surface area (Å²) in [4.78, 5) is 0. The number of ether oxygens (including phenoxy) is 1. The van der Waals surface area contributed by atoms with E-state index in [0.29, 0.717) is 12.3 Å². The van der Waals surface area contributed by atoms with E-state index in [1.54, 1.807) is 6.26 Å². The molecular formula is C15H18FNO3. The summed E-state index contributed by atoms with van der Waals surface area (Å²) < 4.78 is 23.2. The molecule has 1 aromatic heterocycles. The first kappa shape index (κ1) is 14.6. The van der Waals surface area contributed by atoms with Gasteiger partial charge in [0.15, 0.2) is 0 Å². The molecule has 0 bridgehead atoms. The van der Waals surface area contributed by atoms with Crippen molar-refractivity contribution in [3.63, 3.8) is 0 Å². The molecule has 2 rings (SSSR count). The lowest BCUT2D eigenvalue weighted by molar-refractivity contribution is 0.106. The van der Waals surface area contributed by atoms with Crippen LogP contribution in [0.2, 0.25) is 0 Å². The summed E-state index contributed by atoms with van der Waals surface area (Å²) in [5.74, 6) is 1.15. The Bertz CT molecular complexity index is 484. The van der Waals surface area contributed by atoms with Crippen LogP contribution in [-0.4, -0.2) is 30.9 Å². The molecule has 2 aromatic rings. The van der Waals surface area contributed by atoms with Gasteiger partial charge >= 0.3 is 0 Å². The van der Waals surface area contributed by atoms with Gasteiger partial charge in [0.05, 0.1) is 6.26 Å². The predicted octanol–water partition coefficient (Wildman–Crippen LogP) is 1.99. The summed E-state index contributed by atoms with van der Waals surface area (Å²) in [5.41, 5.74) is 0. The van der Waals surface area contributed by atoms with Crippen molar-refractivity contribution in [3.05, 3.63) is 54.2 Å². The maximum Gasteiger partial charge on any atom is 0.123 e. The van der Waals surface area contributed by atoms with Crippen molar-refractivity contribution in [2.75, 3.05) is 19.7 Å². The van der Waals surface area contributed by atoms with E-state index in [0.717, 1.165) is 18.7 Å². The molecule has 1 aromatic carbocycles. The number of aliphatic hydroxyl groups is 1. The summed E-state index contributed by atoms with van der Waals surface area (Å²) in [7, 11) is 0. The fraction of sp³-hybridized carbons (Fsp3) is 0.333. The van der Waals surface area contributed by atoms with Crippen LogP contribution in [0.25, 0.3) is 0 Å². The van der Waals surface area contributed by atoms with Gasteiger partial charge < -0.3 is 19.6 Å². The molecule has 108 valence electrons. The van der Waals surface area contributed by atoms with Crippen molar-refractivity contribution in [2.45, 2.75) is 12.5 Å². The second kappa shape index (κ2) is 7.67. The van der Waals surface area contributed by atoms with E-state index in [9.17, 15) is 9.50 Å². The van der Waals surface area contributed by atoms with Gasteiger partial charge in [-0.3, -0.25) is 0 Å². The Morgan fingerprint density at radius 2 is 2.05 bits per heavy atom. The summed E-state index contributed by atoms with van der Waals surface area (Å²) in [5, 5.41) is 12.9. The van der Waals surface area contributed by atoms with Gasteiger partial charge in [0, 0.05) is 19.5 Å². The minimum atomic E-state index is -0.614. The highest BCUT2D eigenvalue weighted by Gasteiger charge is 2.05. The van der Waals surface area contributed by atoms with Crippen LogP contribution in [0.5, 0.6) is 5.75 Å². The Kier molecular flexibility index (Phi) is 5.58. The average Bonchev–Trinajstić information content (AvgIpc) is 2.96. The Morgan fingerprint density at radius 3 is 2.75 bits per heavy atom. The zero-order valence-corrected chi connectivity index (χ0v) is 11.1. The fourth-order valence-corrected chi connectivity index (χ4v) is 1.72. The van der Waals surface area contributed by atoms with Gasteiger partial charge in [-0.15, -0.1) is 0 Å². The van der Waals surface area contributed by atoms with E-state index in [1.165, 1.54) is 24.3 Å². The van der Waals surface area contributed by atoms with Crippen LogP contribution >= 0.6 is 0 Å². The Morgan fingerprint density at radius 1 is 1.25 bits per heavy atom. The van der Waals surface area contributed by atoms with Gasteiger partial charge in [-0.1, -0.05) is 0 Å². The van der Waals surface area contributed by atoms with Crippen LogP contribution in [0.15, 0.2) is 47.1 Å². The maximum absolute atomic E-state index is 12.7. The topological polar surface area (TPSA) is 54.6 Å². The first-order valence-electron chi connectivity index (χ1n) is 6.53. The molecule has 0 radical (unpaired) electrons. The van der Waals surface area contributed by atoms with Crippen LogP contribution in [0.3, 0.4) is 0 Å². The lowest BCUT2D eigenvalue weighted by atomic mass is 10.3. The summed E-state index contributed by atoms with van der Waals surface area (Å²) >= 11 is 0. The third-order valence-corrected chi connectivity index (χ3v) is 2.76. The van der Waals surface area contributed by atoms with Gasteiger partial charge in [-0.25, -0.2) is 4.39 Å². The highest BCUT2D eigenvalue weighted by atomic mass is 19.1. The summed E-state index contributed by atoms with van der Waals surface area (Å²) in [6.45, 7) is 1.32. The quantitative estimate of drug-likeness (QED) is 0.726. The van der Waals surface area contributed by atoms with E-state index in [1.807, 2.05) is 12.1 Å². The van der Waals surface area contributed by atoms with Gasteiger partial charge in [0.1, 0.15) is 30.0 Å². The molecule has 0 aliphatic carbocycles. The molecule has 1 heterocycles. The lowest BCUT2D eigenvalue weighted by Crippen LogP contribution is -2.32. The second-order valence-electron chi connectivity index (χ2n) is 4.45. The molecule has 20 heavy (non-hydrogen) atoms. The number of aliphatic hydroxyl groups excluding tert-OH is 1. The molecule has 0 saturated carbocycles. The van der Waals surface area contributed by atoms with Crippen molar-refractivity contribution < 1.29 is 18.7 Å². The van der Waals surface area contributed by atoms with Crippen molar-refractivity contribution in [1.29, 1.82) is 0 Å². The number of furan rings is 1. The average molecular weight is 279 g/mol. The molecule has 0 saturated heterocycles. The summed E-state index contributed by atoms with van der Waals surface area (Å²) in [6.07, 6.45) is 1.80. The minimum absolute atomic E-state index is 0.166. The molecule has 2 N–H and O–H groups in total. The van der Waals surface area contributed by atoms with Crippen LogP contribution in [0.4, 0.5) is 4.39 Å². The molecule has 5 heteroatoms. The fourth-order valence-electron chi connectivity index (χ4n) is 1.72. The van der Waals surface area contributed by atoms with E-state index in [2.05, 4.69) is 5.32 Å². The normalized spacial score (nSPS) is 12.3. The van der Waals surface area contributed by atoms with Crippen molar-refractivity contribution >= 4 is 0 Å². The third kappa shape index (κ3) is 5.03. The monoisotopic (exact) mass is 279 g/mol. The Hall–Kier alpha value is -1.85. The van der Waals surface area contributed by atoms with Crippen LogP contribution in [-0.2, 0) is 6.42 Å². The highest BCUT2D eigenvalue weighted by molar-refractivity contribution is 5.22. The number of halogens is 1. The van der Waals surface area contributed by atoms with E-state index in [-0.39, 0.29) is 12.4 Å². The van der Waals surface area contributed by atoms with Crippen molar-refractivity contribution in [1.82, 2.24) is 5.32 Å². The maximum atomic E-state index is 12.7. The smallest absolute Gasteiger partial charge is 0.123 e. The number of hydrogen-bond acceptors (Lipinski definition) is 4. The van der Waals surface area contributed by atoms with Crippen LogP contribution in [0.1, 0.15) is 5.76 Å². The highest BCUT2D eigenvalue weighted by Crippen LogP contribution is 2.11. The molecule has 0 amide bonds. The SMILES string of the molecule is OC(CNCCc1ccco1)COc1ccc(F)cc1. The minimum Gasteiger partial charge on any atom is -0.491 e. The Labute approximate surface area is 117 Å². The van der Waals surface area contributed by atoms with E-state index in [4.69, 9.17) is 9.15 Å². The van der Waals surface area contributed by atoms with Gasteiger partial charge in [0.25, 0.3) is 0 Å². The standard InChI is InChI=1S/C15H18FNO3/c16-12-3-5-15(6-4-12)20-11-13(18)10-17-8-7-14-2-1-9-19-14/h1-6,9,13,17-18H,7-8,10-11H2. The second-order valence-corrected chi connectivity index (χ2v) is 4.45. The van der Waals surface area contributed by atoms with E-state index >= 15 is 0 Å². The largest absolute Gasteiger partial charge is 0.491 e. The number of hydrogen-bond donors (Lipinski definition) is 2. The number of rotatable bonds is 8. The zero-order valence-electron chi connectivity index (χ0n) is 11.1. The van der Waals surface area contributed by atoms with E-state index < -0.39 is 6.10 Å². The molecule has 1 atom stereocenters. The first-order chi connectivity index (χ1) is 9.74. The molecule has 0 spiro atoms. The van der Waals surface area contributed by atoms with Crippen molar-refractivity contribution in [2.24, 2.45) is 0 Å². The number of benzene rings is 1. The number of nitrogens with one attached hydrogen (secondary N) is 1. The molecule has 1 unspecified atom stereocenters. The van der Waals surface area contributed by atoms with Gasteiger partial charge in [-0.05, 0) is 36.4 Å². The lowest BCUT2D eigenvalue weighted by Gasteiger charge is -2.13. The Balaban J connectivity index is 1.58. The van der Waals surface area contributed by atoms with Crippen LogP contribution < -0.4 is 10.1 Å².